The molecule has 4 heterocycles. The monoisotopic (exact) mass is 398 g/mol. The van der Waals surface area contributed by atoms with Crippen LogP contribution in [0, 0.1) is 18.8 Å². The number of rotatable bonds is 4. The van der Waals surface area contributed by atoms with Crippen molar-refractivity contribution in [3.05, 3.63) is 30.3 Å². The van der Waals surface area contributed by atoms with Crippen molar-refractivity contribution >= 4 is 23.6 Å². The maximum Gasteiger partial charge on any atom is 0.228 e. The zero-order valence-electron chi connectivity index (χ0n) is 16.6. The summed E-state index contributed by atoms with van der Waals surface area (Å²) in [7, 11) is 0. The Morgan fingerprint density at radius 3 is 2.55 bits per heavy atom. The second-order valence-electron chi connectivity index (χ2n) is 7.75. The topological polar surface area (TPSA) is 104 Å². The Morgan fingerprint density at radius 2 is 1.86 bits per heavy atom. The van der Waals surface area contributed by atoms with Crippen molar-refractivity contribution in [2.45, 2.75) is 32.6 Å². The molecule has 2 fully saturated rings. The predicted octanol–water partition coefficient (Wildman–Crippen LogP) is 1.87. The van der Waals surface area contributed by atoms with Crippen molar-refractivity contribution < 1.29 is 14.1 Å². The van der Waals surface area contributed by atoms with Crippen molar-refractivity contribution in [2.24, 2.45) is 11.8 Å². The number of nitrogens with one attached hydrogen (secondary N) is 1. The number of likely N-dealkylation sites (tertiary alicyclic amines) is 1. The lowest BCUT2D eigenvalue weighted by Gasteiger charge is -2.37. The summed E-state index contributed by atoms with van der Waals surface area (Å²) in [5, 5.41) is 6.60. The van der Waals surface area contributed by atoms with E-state index in [1.54, 1.807) is 31.5 Å². The number of hydrogen-bond donors (Lipinski definition) is 1. The van der Waals surface area contributed by atoms with Gasteiger partial charge in [-0.05, 0) is 38.7 Å². The first-order chi connectivity index (χ1) is 14.1. The van der Waals surface area contributed by atoms with E-state index in [2.05, 4.69) is 25.3 Å². The van der Waals surface area contributed by atoms with Crippen LogP contribution in [0.5, 0.6) is 0 Å². The number of amides is 2. The van der Waals surface area contributed by atoms with Gasteiger partial charge < -0.3 is 19.6 Å². The fourth-order valence-electron chi connectivity index (χ4n) is 4.09. The first-order valence-electron chi connectivity index (χ1n) is 10.1. The number of piperidine rings is 2. The zero-order valence-corrected chi connectivity index (χ0v) is 16.6. The molecule has 0 bridgehead atoms. The summed E-state index contributed by atoms with van der Waals surface area (Å²) in [5.74, 6) is 1.74. The summed E-state index contributed by atoms with van der Waals surface area (Å²) < 4.78 is 4.98. The quantitative estimate of drug-likeness (QED) is 0.838. The van der Waals surface area contributed by atoms with Crippen LogP contribution < -0.4 is 10.2 Å². The van der Waals surface area contributed by atoms with Crippen LogP contribution in [0.3, 0.4) is 0 Å². The summed E-state index contributed by atoms with van der Waals surface area (Å²) in [5.41, 5.74) is 0. The zero-order chi connectivity index (χ0) is 20.2. The molecule has 0 radical (unpaired) electrons. The van der Waals surface area contributed by atoms with E-state index in [1.807, 2.05) is 4.90 Å². The average Bonchev–Trinajstić information content (AvgIpc) is 3.18. The van der Waals surface area contributed by atoms with Crippen molar-refractivity contribution in [3.8, 4) is 0 Å². The Labute approximate surface area is 169 Å². The molecule has 0 saturated carbocycles. The number of carbonyl (C=O) groups excluding carboxylic acids is 2. The van der Waals surface area contributed by atoms with Gasteiger partial charge in [-0.15, -0.1) is 0 Å². The van der Waals surface area contributed by atoms with Crippen LogP contribution >= 0.6 is 0 Å². The highest BCUT2D eigenvalue weighted by Gasteiger charge is 2.33. The molecule has 1 atom stereocenters. The number of aromatic nitrogens is 3. The van der Waals surface area contributed by atoms with Gasteiger partial charge in [-0.3, -0.25) is 9.59 Å². The largest absolute Gasteiger partial charge is 0.360 e. The highest BCUT2D eigenvalue weighted by atomic mass is 16.5. The minimum absolute atomic E-state index is 0.0453. The number of hydrogen-bond acceptors (Lipinski definition) is 7. The number of nitrogens with zero attached hydrogens (tertiary/aromatic N) is 5. The Hall–Kier alpha value is -2.97. The first kappa shape index (κ1) is 19.4. The van der Waals surface area contributed by atoms with Gasteiger partial charge >= 0.3 is 0 Å². The average molecular weight is 398 g/mol. The van der Waals surface area contributed by atoms with E-state index in [4.69, 9.17) is 4.52 Å². The van der Waals surface area contributed by atoms with Crippen LogP contribution in [0.4, 0.5) is 11.8 Å². The summed E-state index contributed by atoms with van der Waals surface area (Å²) >= 11 is 0. The predicted molar refractivity (Wildman–Crippen MR) is 106 cm³/mol. The number of anilines is 2. The molecule has 0 aliphatic carbocycles. The van der Waals surface area contributed by atoms with Crippen LogP contribution in [0.2, 0.25) is 0 Å². The summed E-state index contributed by atoms with van der Waals surface area (Å²) in [6.45, 7) is 4.51. The third-order valence-electron chi connectivity index (χ3n) is 5.66. The molecular weight excluding hydrogens is 372 g/mol. The van der Waals surface area contributed by atoms with E-state index in [-0.39, 0.29) is 23.7 Å². The van der Waals surface area contributed by atoms with E-state index in [0.29, 0.717) is 50.0 Å². The molecule has 0 spiro atoms. The third kappa shape index (κ3) is 4.55. The number of aryl methyl sites for hydroxylation is 1. The highest BCUT2D eigenvalue weighted by Crippen LogP contribution is 2.25. The van der Waals surface area contributed by atoms with E-state index in [9.17, 15) is 9.59 Å². The molecule has 1 N–H and O–H groups in total. The fourth-order valence-corrected chi connectivity index (χ4v) is 4.09. The summed E-state index contributed by atoms with van der Waals surface area (Å²) in [6, 6.07) is 3.49. The Bertz CT molecular complexity index is 847. The second kappa shape index (κ2) is 8.59. The summed E-state index contributed by atoms with van der Waals surface area (Å²) in [4.78, 5) is 38.1. The van der Waals surface area contributed by atoms with E-state index in [0.717, 1.165) is 19.4 Å². The Morgan fingerprint density at radius 1 is 1.10 bits per heavy atom. The molecule has 2 aromatic heterocycles. The molecule has 154 valence electrons. The second-order valence-corrected chi connectivity index (χ2v) is 7.75. The van der Waals surface area contributed by atoms with Gasteiger partial charge in [0.2, 0.25) is 17.8 Å². The molecule has 29 heavy (non-hydrogen) atoms. The van der Waals surface area contributed by atoms with Crippen molar-refractivity contribution in [2.75, 3.05) is 36.4 Å². The Kier molecular flexibility index (Phi) is 5.73. The van der Waals surface area contributed by atoms with Gasteiger partial charge in [-0.25, -0.2) is 9.97 Å². The van der Waals surface area contributed by atoms with Gasteiger partial charge in [0.25, 0.3) is 0 Å². The highest BCUT2D eigenvalue weighted by molar-refractivity contribution is 5.92. The van der Waals surface area contributed by atoms with E-state index < -0.39 is 0 Å². The Balaban J connectivity index is 1.29. The molecule has 1 unspecified atom stereocenters. The molecule has 4 rings (SSSR count). The third-order valence-corrected chi connectivity index (χ3v) is 5.66. The van der Waals surface area contributed by atoms with Gasteiger partial charge in [0.1, 0.15) is 5.76 Å². The standard InChI is InChI=1S/C20H26N6O3/c1-14-12-17(24-29-14)23-18(27)15-5-10-25(11-6-15)19(28)16-4-2-9-26(13-16)20-21-7-3-8-22-20/h3,7-8,12,15-16H,2,4-6,9-11,13H2,1H3,(H,23,24,27). The van der Waals surface area contributed by atoms with Gasteiger partial charge in [-0.1, -0.05) is 5.16 Å². The van der Waals surface area contributed by atoms with Gasteiger partial charge in [-0.2, -0.15) is 0 Å². The molecule has 9 heteroatoms. The fraction of sp³-hybridized carbons (Fsp3) is 0.550. The molecule has 0 aromatic carbocycles. The minimum Gasteiger partial charge on any atom is -0.360 e. The van der Waals surface area contributed by atoms with Crippen LogP contribution in [-0.4, -0.2) is 58.0 Å². The van der Waals surface area contributed by atoms with Crippen molar-refractivity contribution in [1.29, 1.82) is 0 Å². The van der Waals surface area contributed by atoms with Crippen molar-refractivity contribution in [1.82, 2.24) is 20.0 Å². The molecule has 9 nitrogen and oxygen atoms in total. The summed E-state index contributed by atoms with van der Waals surface area (Å²) in [6.07, 6.45) is 6.60. The number of carbonyl (C=O) groups is 2. The van der Waals surface area contributed by atoms with Gasteiger partial charge in [0.05, 0.1) is 5.92 Å². The molecule has 2 saturated heterocycles. The van der Waals surface area contributed by atoms with Crippen molar-refractivity contribution in [3.63, 3.8) is 0 Å². The van der Waals surface area contributed by atoms with Crippen LogP contribution in [-0.2, 0) is 9.59 Å². The molecular formula is C20H26N6O3. The maximum absolute atomic E-state index is 13.0. The first-order valence-corrected chi connectivity index (χ1v) is 10.1. The van der Waals surface area contributed by atoms with Crippen LogP contribution in [0.15, 0.2) is 29.0 Å². The van der Waals surface area contributed by atoms with Crippen LogP contribution in [0.25, 0.3) is 0 Å². The molecule has 2 aromatic rings. The molecule has 2 amide bonds. The van der Waals surface area contributed by atoms with Gasteiger partial charge in [0, 0.05) is 50.6 Å². The lowest BCUT2D eigenvalue weighted by atomic mass is 9.92. The molecule has 2 aliphatic heterocycles. The van der Waals surface area contributed by atoms with Crippen LogP contribution in [0.1, 0.15) is 31.4 Å². The maximum atomic E-state index is 13.0. The lowest BCUT2D eigenvalue weighted by molar-refractivity contribution is -0.138. The van der Waals surface area contributed by atoms with E-state index >= 15 is 0 Å². The SMILES string of the molecule is Cc1cc(NC(=O)C2CCN(C(=O)C3CCCN(c4ncccn4)C3)CC2)no1. The normalized spacial score (nSPS) is 20.5. The van der Waals surface area contributed by atoms with E-state index in [1.165, 1.54) is 0 Å². The molecule has 2 aliphatic rings. The minimum atomic E-state index is -0.114. The van der Waals surface area contributed by atoms with Gasteiger partial charge in [0.15, 0.2) is 5.82 Å². The lowest BCUT2D eigenvalue weighted by Crippen LogP contribution is -2.48. The smallest absolute Gasteiger partial charge is 0.228 e.